The molecule has 0 atom stereocenters. The molecule has 25 heavy (non-hydrogen) atoms. The van der Waals surface area contributed by atoms with Crippen molar-refractivity contribution < 1.29 is 4.79 Å². The molecule has 2 aliphatic carbocycles. The number of amides is 1. The van der Waals surface area contributed by atoms with Crippen LogP contribution in [0.4, 0.5) is 0 Å². The summed E-state index contributed by atoms with van der Waals surface area (Å²) in [5.74, 6) is 2.02. The fourth-order valence-electron chi connectivity index (χ4n) is 3.37. The first kappa shape index (κ1) is 22.5. The molecule has 0 unspecified atom stereocenters. The van der Waals surface area contributed by atoms with Gasteiger partial charge in [-0.05, 0) is 44.9 Å². The molecule has 2 saturated carbocycles. The Hall–Kier alpha value is -0.530. The van der Waals surface area contributed by atoms with Crippen molar-refractivity contribution in [3.05, 3.63) is 0 Å². The topological polar surface area (TPSA) is 65.5 Å². The minimum atomic E-state index is 0. The Bertz CT molecular complexity index is 393. The molecule has 1 amide bonds. The summed E-state index contributed by atoms with van der Waals surface area (Å²) in [4.78, 5) is 16.2. The molecule has 2 rings (SSSR count). The van der Waals surface area contributed by atoms with Crippen LogP contribution in [0.5, 0.6) is 0 Å². The van der Waals surface area contributed by atoms with Gasteiger partial charge in [0.25, 0.3) is 0 Å². The molecule has 0 heterocycles. The second-order valence-electron chi connectivity index (χ2n) is 7.28. The number of carbonyl (C=O) groups excluding carboxylic acids is 1. The number of rotatable bonds is 10. The van der Waals surface area contributed by atoms with Gasteiger partial charge in [-0.2, -0.15) is 0 Å². The van der Waals surface area contributed by atoms with Gasteiger partial charge >= 0.3 is 0 Å². The summed E-state index contributed by atoms with van der Waals surface area (Å²) < 4.78 is 0. The molecule has 0 aromatic rings. The number of nitrogens with one attached hydrogen (secondary N) is 3. The molecule has 0 aromatic carbocycles. The normalized spacial score (nSPS) is 18.4. The van der Waals surface area contributed by atoms with Crippen molar-refractivity contribution in [2.24, 2.45) is 10.9 Å². The highest BCUT2D eigenvalue weighted by atomic mass is 127. The number of halogens is 1. The first-order valence-corrected chi connectivity index (χ1v) is 10.1. The third kappa shape index (κ3) is 10.9. The van der Waals surface area contributed by atoms with Gasteiger partial charge in [0.2, 0.25) is 5.91 Å². The average molecular weight is 464 g/mol. The van der Waals surface area contributed by atoms with Gasteiger partial charge < -0.3 is 16.0 Å². The Morgan fingerprint density at radius 1 is 1.04 bits per heavy atom. The molecular formula is C19H37IN4O. The van der Waals surface area contributed by atoms with E-state index < -0.39 is 0 Å². The smallest absolute Gasteiger partial charge is 0.220 e. The maximum absolute atomic E-state index is 11.6. The first-order chi connectivity index (χ1) is 11.8. The van der Waals surface area contributed by atoms with Crippen LogP contribution in [0.25, 0.3) is 0 Å². The fraction of sp³-hybridized carbons (Fsp3) is 0.895. The summed E-state index contributed by atoms with van der Waals surface area (Å²) >= 11 is 0. The number of aliphatic imine (C=N–C) groups is 1. The second kappa shape index (κ2) is 13.6. The van der Waals surface area contributed by atoms with Crippen LogP contribution in [0.15, 0.2) is 4.99 Å². The minimum Gasteiger partial charge on any atom is -0.357 e. The van der Waals surface area contributed by atoms with Gasteiger partial charge in [0.1, 0.15) is 0 Å². The van der Waals surface area contributed by atoms with Gasteiger partial charge in [-0.25, -0.2) is 0 Å². The molecule has 2 fully saturated rings. The third-order valence-corrected chi connectivity index (χ3v) is 4.92. The Balaban J connectivity index is 0.00000312. The van der Waals surface area contributed by atoms with Gasteiger partial charge in [0, 0.05) is 32.1 Å². The highest BCUT2D eigenvalue weighted by molar-refractivity contribution is 14.0. The van der Waals surface area contributed by atoms with E-state index in [1.807, 2.05) is 0 Å². The molecule has 6 heteroatoms. The Kier molecular flexibility index (Phi) is 12.3. The van der Waals surface area contributed by atoms with E-state index in [1.165, 1.54) is 44.9 Å². The van der Waals surface area contributed by atoms with Crippen LogP contribution in [0.2, 0.25) is 0 Å². The molecular weight excluding hydrogens is 427 g/mol. The lowest BCUT2D eigenvalue weighted by Gasteiger charge is -2.21. The standard InChI is InChI=1S/C19H36N4O.HI/c1-2-20-19(21-14-6-10-16-8-4-3-5-9-16)22-15-7-11-18(24)23-17-12-13-17;/h16-17H,2-15H2,1H3,(H,23,24)(H2,20,21,22);1H. The monoisotopic (exact) mass is 464 g/mol. The lowest BCUT2D eigenvalue weighted by Crippen LogP contribution is -2.38. The number of guanidine groups is 1. The minimum absolute atomic E-state index is 0. The van der Waals surface area contributed by atoms with Crippen LogP contribution >= 0.6 is 24.0 Å². The summed E-state index contributed by atoms with van der Waals surface area (Å²) in [6, 6.07) is 0.462. The molecule has 3 N–H and O–H groups in total. The van der Waals surface area contributed by atoms with Crippen molar-refractivity contribution in [1.82, 2.24) is 16.0 Å². The van der Waals surface area contributed by atoms with E-state index in [2.05, 4.69) is 27.9 Å². The molecule has 0 bridgehead atoms. The fourth-order valence-corrected chi connectivity index (χ4v) is 3.37. The van der Waals surface area contributed by atoms with Crippen molar-refractivity contribution in [3.8, 4) is 0 Å². The summed E-state index contributed by atoms with van der Waals surface area (Å²) in [6.07, 6.45) is 13.4. The summed E-state index contributed by atoms with van der Waals surface area (Å²) in [6.45, 7) is 4.65. The maximum atomic E-state index is 11.6. The average Bonchev–Trinajstić information content (AvgIpc) is 3.40. The zero-order chi connectivity index (χ0) is 17.0. The van der Waals surface area contributed by atoms with Crippen molar-refractivity contribution in [2.45, 2.75) is 83.6 Å². The van der Waals surface area contributed by atoms with Gasteiger partial charge in [-0.3, -0.25) is 9.79 Å². The highest BCUT2D eigenvalue weighted by Crippen LogP contribution is 2.26. The molecule has 5 nitrogen and oxygen atoms in total. The van der Waals surface area contributed by atoms with Crippen LogP contribution in [0.1, 0.15) is 77.6 Å². The summed E-state index contributed by atoms with van der Waals surface area (Å²) in [5.41, 5.74) is 0. The van der Waals surface area contributed by atoms with Gasteiger partial charge in [-0.15, -0.1) is 24.0 Å². The van der Waals surface area contributed by atoms with Crippen LogP contribution in [-0.4, -0.2) is 37.5 Å². The highest BCUT2D eigenvalue weighted by Gasteiger charge is 2.22. The molecule has 146 valence electrons. The van der Waals surface area contributed by atoms with Gasteiger partial charge in [0.05, 0.1) is 0 Å². The molecule has 0 aliphatic heterocycles. The van der Waals surface area contributed by atoms with E-state index in [0.29, 0.717) is 19.0 Å². The van der Waals surface area contributed by atoms with Crippen LogP contribution in [-0.2, 0) is 4.79 Å². The van der Waals surface area contributed by atoms with Crippen molar-refractivity contribution in [2.75, 3.05) is 19.6 Å². The van der Waals surface area contributed by atoms with Crippen LogP contribution < -0.4 is 16.0 Å². The van der Waals surface area contributed by atoms with E-state index >= 15 is 0 Å². The number of nitrogens with zero attached hydrogens (tertiary/aromatic N) is 1. The van der Waals surface area contributed by atoms with Crippen LogP contribution in [0.3, 0.4) is 0 Å². The van der Waals surface area contributed by atoms with Crippen LogP contribution in [0, 0.1) is 5.92 Å². The van der Waals surface area contributed by atoms with Crippen molar-refractivity contribution in [1.29, 1.82) is 0 Å². The number of carbonyl (C=O) groups is 1. The lowest BCUT2D eigenvalue weighted by molar-refractivity contribution is -0.121. The lowest BCUT2D eigenvalue weighted by atomic mass is 9.86. The maximum Gasteiger partial charge on any atom is 0.220 e. The first-order valence-electron chi connectivity index (χ1n) is 10.1. The predicted octanol–water partition coefficient (Wildman–Crippen LogP) is 3.58. The Morgan fingerprint density at radius 3 is 2.48 bits per heavy atom. The number of hydrogen-bond donors (Lipinski definition) is 3. The quantitative estimate of drug-likeness (QED) is 0.201. The molecule has 0 spiro atoms. The number of hydrogen-bond acceptors (Lipinski definition) is 2. The third-order valence-electron chi connectivity index (χ3n) is 4.92. The molecule has 0 radical (unpaired) electrons. The van der Waals surface area contributed by atoms with E-state index in [-0.39, 0.29) is 29.9 Å². The molecule has 0 aromatic heterocycles. The summed E-state index contributed by atoms with van der Waals surface area (Å²) in [7, 11) is 0. The zero-order valence-corrected chi connectivity index (χ0v) is 18.1. The molecule has 0 saturated heterocycles. The van der Waals surface area contributed by atoms with Crippen molar-refractivity contribution in [3.63, 3.8) is 0 Å². The summed E-state index contributed by atoms with van der Waals surface area (Å²) in [5, 5.41) is 9.74. The zero-order valence-electron chi connectivity index (χ0n) is 15.8. The van der Waals surface area contributed by atoms with E-state index in [1.54, 1.807) is 0 Å². The Labute approximate surface area is 170 Å². The van der Waals surface area contributed by atoms with E-state index in [9.17, 15) is 4.79 Å². The van der Waals surface area contributed by atoms with Crippen molar-refractivity contribution >= 4 is 35.8 Å². The van der Waals surface area contributed by atoms with Gasteiger partial charge in [0.15, 0.2) is 5.96 Å². The van der Waals surface area contributed by atoms with E-state index in [4.69, 9.17) is 0 Å². The second-order valence-corrected chi connectivity index (χ2v) is 7.28. The predicted molar refractivity (Wildman–Crippen MR) is 116 cm³/mol. The van der Waals surface area contributed by atoms with Gasteiger partial charge in [-0.1, -0.05) is 32.1 Å². The SMILES string of the molecule is CCNC(=NCCCC(=O)NC1CC1)NCCCC1CCCCC1.I. The van der Waals surface area contributed by atoms with E-state index in [0.717, 1.165) is 44.2 Å². The largest absolute Gasteiger partial charge is 0.357 e. The Morgan fingerprint density at radius 2 is 1.80 bits per heavy atom. The molecule has 2 aliphatic rings.